The maximum Gasteiger partial charge on any atom is 0.250 e. The molecule has 1 aromatic heterocycles. The molecule has 0 spiro atoms. The Balaban J connectivity index is 1.98. The van der Waals surface area contributed by atoms with Crippen molar-refractivity contribution in [3.63, 3.8) is 0 Å². The molecule has 0 aromatic carbocycles. The van der Waals surface area contributed by atoms with Gasteiger partial charge in [-0.2, -0.15) is 0 Å². The molecule has 1 heterocycles. The molecule has 20 heavy (non-hydrogen) atoms. The molecule has 0 aliphatic heterocycles. The van der Waals surface area contributed by atoms with Crippen LogP contribution in [0.1, 0.15) is 44.4 Å². The van der Waals surface area contributed by atoms with Crippen LogP contribution in [0.4, 0.5) is 0 Å². The number of hydrogen-bond acceptors (Lipinski definition) is 4. The van der Waals surface area contributed by atoms with Crippen LogP contribution in [-0.4, -0.2) is 21.0 Å². The van der Waals surface area contributed by atoms with Crippen molar-refractivity contribution in [1.29, 1.82) is 0 Å². The van der Waals surface area contributed by atoms with Crippen LogP contribution in [0.5, 0.6) is 0 Å². The Bertz CT molecular complexity index is 521. The van der Waals surface area contributed by atoms with E-state index in [2.05, 4.69) is 10.0 Å². The summed E-state index contributed by atoms with van der Waals surface area (Å²) in [4.78, 5) is 1.06. The van der Waals surface area contributed by atoms with Gasteiger partial charge < -0.3 is 5.32 Å². The van der Waals surface area contributed by atoms with Crippen LogP contribution in [0.15, 0.2) is 16.3 Å². The summed E-state index contributed by atoms with van der Waals surface area (Å²) in [6.45, 7) is 5.70. The Morgan fingerprint density at radius 3 is 2.70 bits per heavy atom. The van der Waals surface area contributed by atoms with Gasteiger partial charge in [0.25, 0.3) is 0 Å². The lowest BCUT2D eigenvalue weighted by atomic mass is 10.1. The second-order valence-corrected chi connectivity index (χ2v) is 8.52. The minimum absolute atomic E-state index is 0.0758. The first-order valence-corrected chi connectivity index (χ1v) is 9.66. The Hall–Kier alpha value is -0.430. The van der Waals surface area contributed by atoms with E-state index >= 15 is 0 Å². The van der Waals surface area contributed by atoms with E-state index in [0.29, 0.717) is 4.21 Å². The molecule has 114 valence electrons. The van der Waals surface area contributed by atoms with Gasteiger partial charge in [-0.15, -0.1) is 11.3 Å². The van der Waals surface area contributed by atoms with Gasteiger partial charge in [0, 0.05) is 17.5 Å². The number of rotatable bonds is 9. The standard InChI is InChI=1S/C14H24N2O2S2/c1-3-12(9-11-5-6-11)16-20(17,18)14-8-7-13(19-14)10-15-4-2/h7-8,11-12,15-16H,3-6,9-10H2,1-2H3. The van der Waals surface area contributed by atoms with Crippen LogP contribution in [0.25, 0.3) is 0 Å². The molecule has 1 saturated carbocycles. The number of thiophene rings is 1. The van der Waals surface area contributed by atoms with Gasteiger partial charge in [-0.05, 0) is 37.4 Å². The molecule has 1 unspecified atom stereocenters. The maximum absolute atomic E-state index is 12.4. The molecule has 0 saturated heterocycles. The first-order chi connectivity index (χ1) is 9.55. The van der Waals surface area contributed by atoms with Crippen molar-refractivity contribution in [3.8, 4) is 0 Å². The lowest BCUT2D eigenvalue weighted by Crippen LogP contribution is -2.34. The summed E-state index contributed by atoms with van der Waals surface area (Å²) in [6, 6.07) is 3.68. The zero-order chi connectivity index (χ0) is 14.6. The van der Waals surface area contributed by atoms with E-state index in [1.54, 1.807) is 6.07 Å². The van der Waals surface area contributed by atoms with Crippen molar-refractivity contribution in [3.05, 3.63) is 17.0 Å². The summed E-state index contributed by atoms with van der Waals surface area (Å²) >= 11 is 1.35. The van der Waals surface area contributed by atoms with E-state index in [1.165, 1.54) is 24.2 Å². The molecule has 1 aliphatic carbocycles. The summed E-state index contributed by atoms with van der Waals surface area (Å²) in [6.07, 6.45) is 4.34. The van der Waals surface area contributed by atoms with Crippen LogP contribution in [0, 0.1) is 5.92 Å². The lowest BCUT2D eigenvalue weighted by Gasteiger charge is -2.15. The van der Waals surface area contributed by atoms with E-state index in [9.17, 15) is 8.42 Å². The highest BCUT2D eigenvalue weighted by Gasteiger charge is 2.28. The molecule has 0 bridgehead atoms. The molecule has 2 rings (SSSR count). The quantitative estimate of drug-likeness (QED) is 0.736. The predicted molar refractivity (Wildman–Crippen MR) is 83.4 cm³/mol. The Morgan fingerprint density at radius 1 is 1.35 bits per heavy atom. The van der Waals surface area contributed by atoms with Crippen molar-refractivity contribution in [2.75, 3.05) is 6.54 Å². The fourth-order valence-corrected chi connectivity index (χ4v) is 4.85. The van der Waals surface area contributed by atoms with Gasteiger partial charge in [-0.25, -0.2) is 13.1 Å². The van der Waals surface area contributed by atoms with Gasteiger partial charge >= 0.3 is 0 Å². The van der Waals surface area contributed by atoms with Gasteiger partial charge in [0.15, 0.2) is 0 Å². The molecular weight excluding hydrogens is 292 g/mol. The topological polar surface area (TPSA) is 58.2 Å². The Morgan fingerprint density at radius 2 is 2.10 bits per heavy atom. The van der Waals surface area contributed by atoms with E-state index in [4.69, 9.17) is 0 Å². The average Bonchev–Trinajstić information content (AvgIpc) is 3.09. The highest BCUT2D eigenvalue weighted by atomic mass is 32.2. The summed E-state index contributed by atoms with van der Waals surface area (Å²) in [5.41, 5.74) is 0. The minimum Gasteiger partial charge on any atom is -0.312 e. The average molecular weight is 316 g/mol. The third kappa shape index (κ3) is 4.55. The molecule has 0 amide bonds. The normalized spacial score (nSPS) is 17.3. The number of hydrogen-bond donors (Lipinski definition) is 2. The van der Waals surface area contributed by atoms with E-state index < -0.39 is 10.0 Å². The highest BCUT2D eigenvalue weighted by molar-refractivity contribution is 7.91. The van der Waals surface area contributed by atoms with Crippen LogP contribution in [-0.2, 0) is 16.6 Å². The van der Waals surface area contributed by atoms with Crippen LogP contribution in [0.2, 0.25) is 0 Å². The third-order valence-electron chi connectivity index (χ3n) is 3.58. The molecule has 0 radical (unpaired) electrons. The van der Waals surface area contributed by atoms with Crippen molar-refractivity contribution in [2.45, 2.75) is 56.3 Å². The zero-order valence-electron chi connectivity index (χ0n) is 12.2. The second kappa shape index (κ2) is 7.02. The molecule has 2 N–H and O–H groups in total. The van der Waals surface area contributed by atoms with E-state index in [0.717, 1.165) is 36.7 Å². The van der Waals surface area contributed by atoms with Gasteiger partial charge in [0.1, 0.15) is 4.21 Å². The van der Waals surface area contributed by atoms with Gasteiger partial charge in [-0.1, -0.05) is 26.7 Å². The fraction of sp³-hybridized carbons (Fsp3) is 0.714. The first-order valence-electron chi connectivity index (χ1n) is 7.37. The molecule has 1 aromatic rings. The maximum atomic E-state index is 12.4. The zero-order valence-corrected chi connectivity index (χ0v) is 13.8. The van der Waals surface area contributed by atoms with Crippen LogP contribution >= 0.6 is 11.3 Å². The van der Waals surface area contributed by atoms with Gasteiger partial charge in [-0.3, -0.25) is 0 Å². The van der Waals surface area contributed by atoms with Crippen molar-refractivity contribution >= 4 is 21.4 Å². The summed E-state index contributed by atoms with van der Waals surface area (Å²) < 4.78 is 28.0. The van der Waals surface area contributed by atoms with Gasteiger partial charge in [0.2, 0.25) is 10.0 Å². The summed E-state index contributed by atoms with van der Waals surface area (Å²) in [5.74, 6) is 0.732. The number of sulfonamides is 1. The van der Waals surface area contributed by atoms with Crippen molar-refractivity contribution < 1.29 is 8.42 Å². The monoisotopic (exact) mass is 316 g/mol. The van der Waals surface area contributed by atoms with Crippen LogP contribution < -0.4 is 10.0 Å². The third-order valence-corrected chi connectivity index (χ3v) is 6.68. The van der Waals surface area contributed by atoms with E-state index in [1.807, 2.05) is 19.9 Å². The van der Waals surface area contributed by atoms with Gasteiger partial charge in [0.05, 0.1) is 0 Å². The largest absolute Gasteiger partial charge is 0.312 e. The smallest absolute Gasteiger partial charge is 0.250 e. The van der Waals surface area contributed by atoms with E-state index in [-0.39, 0.29) is 6.04 Å². The highest BCUT2D eigenvalue weighted by Crippen LogP contribution is 2.34. The molecule has 1 atom stereocenters. The number of nitrogens with one attached hydrogen (secondary N) is 2. The van der Waals surface area contributed by atoms with Crippen molar-refractivity contribution in [2.24, 2.45) is 5.92 Å². The Kier molecular flexibility index (Phi) is 5.60. The molecule has 6 heteroatoms. The molecule has 1 fully saturated rings. The molecular formula is C14H24N2O2S2. The second-order valence-electron chi connectivity index (χ2n) is 5.41. The fourth-order valence-electron chi connectivity index (χ4n) is 2.18. The van der Waals surface area contributed by atoms with Crippen molar-refractivity contribution in [1.82, 2.24) is 10.0 Å². The summed E-state index contributed by atoms with van der Waals surface area (Å²) in [7, 11) is -3.35. The molecule has 1 aliphatic rings. The van der Waals surface area contributed by atoms with Crippen LogP contribution in [0.3, 0.4) is 0 Å². The lowest BCUT2D eigenvalue weighted by molar-refractivity contribution is 0.496. The Labute approximate surface area is 126 Å². The SMILES string of the molecule is CCNCc1ccc(S(=O)(=O)NC(CC)CC2CC2)s1. The minimum atomic E-state index is -3.35. The first kappa shape index (κ1) is 15.9. The predicted octanol–water partition coefficient (Wildman–Crippen LogP) is 2.71. The summed E-state index contributed by atoms with van der Waals surface area (Å²) in [5, 5.41) is 3.21. The molecule has 4 nitrogen and oxygen atoms in total.